The zero-order valence-corrected chi connectivity index (χ0v) is 18.5. The molecule has 2 atom stereocenters. The van der Waals surface area contributed by atoms with Crippen LogP contribution in [0.2, 0.25) is 5.02 Å². The molecular formula is C20H28ClN7O2. The van der Waals surface area contributed by atoms with Gasteiger partial charge in [-0.3, -0.25) is 4.68 Å². The number of likely N-dealkylation sites (tertiary alicyclic amines) is 1. The molecule has 9 nitrogen and oxygen atoms in total. The van der Waals surface area contributed by atoms with Crippen LogP contribution in [0.25, 0.3) is 0 Å². The van der Waals surface area contributed by atoms with Crippen molar-refractivity contribution in [2.24, 2.45) is 18.9 Å². The lowest BCUT2D eigenvalue weighted by molar-refractivity contribution is 0.0280. The van der Waals surface area contributed by atoms with E-state index in [1.165, 1.54) is 0 Å². The van der Waals surface area contributed by atoms with Gasteiger partial charge in [0.15, 0.2) is 5.82 Å². The average molecular weight is 434 g/mol. The number of rotatable bonds is 4. The fraction of sp³-hybridized carbons (Fsp3) is 0.600. The highest BCUT2D eigenvalue weighted by molar-refractivity contribution is 6.32. The minimum absolute atomic E-state index is 0.216. The summed E-state index contributed by atoms with van der Waals surface area (Å²) in [6.07, 6.45) is 6.87. The van der Waals surface area contributed by atoms with Crippen molar-refractivity contribution in [3.63, 3.8) is 0 Å². The molecule has 1 aliphatic carbocycles. The van der Waals surface area contributed by atoms with Gasteiger partial charge in [-0.1, -0.05) is 11.6 Å². The van der Waals surface area contributed by atoms with Crippen molar-refractivity contribution in [2.75, 3.05) is 23.7 Å². The largest absolute Gasteiger partial charge is 0.444 e. The Bertz CT molecular complexity index is 912. The molecule has 2 N–H and O–H groups in total. The summed E-state index contributed by atoms with van der Waals surface area (Å²) in [6, 6.07) is 0.263. The van der Waals surface area contributed by atoms with Crippen molar-refractivity contribution in [2.45, 2.75) is 45.3 Å². The fourth-order valence-electron chi connectivity index (χ4n) is 4.23. The normalized spacial score (nSPS) is 23.4. The minimum atomic E-state index is -0.468. The molecule has 1 aliphatic heterocycles. The highest BCUT2D eigenvalue weighted by Crippen LogP contribution is 2.40. The van der Waals surface area contributed by atoms with Crippen LogP contribution in [0.3, 0.4) is 0 Å². The molecule has 2 aliphatic rings. The summed E-state index contributed by atoms with van der Waals surface area (Å²) >= 11 is 6.33. The second kappa shape index (κ2) is 7.94. The van der Waals surface area contributed by atoms with Gasteiger partial charge in [0.2, 0.25) is 5.95 Å². The first-order valence-corrected chi connectivity index (χ1v) is 10.6. The molecule has 0 radical (unpaired) electrons. The first-order valence-electron chi connectivity index (χ1n) is 10.2. The van der Waals surface area contributed by atoms with Gasteiger partial charge in [-0.15, -0.1) is 0 Å². The number of hydrogen-bond donors (Lipinski definition) is 2. The minimum Gasteiger partial charge on any atom is -0.444 e. The van der Waals surface area contributed by atoms with Gasteiger partial charge in [-0.2, -0.15) is 10.1 Å². The first kappa shape index (κ1) is 20.7. The molecule has 2 aromatic rings. The van der Waals surface area contributed by atoms with Crippen LogP contribution < -0.4 is 10.6 Å². The maximum absolute atomic E-state index is 12.3. The summed E-state index contributed by atoms with van der Waals surface area (Å²) in [6.45, 7) is 7.16. The fourth-order valence-corrected chi connectivity index (χ4v) is 4.38. The Hall–Kier alpha value is -2.55. The van der Waals surface area contributed by atoms with Crippen molar-refractivity contribution in [3.8, 4) is 0 Å². The molecule has 0 aromatic carbocycles. The van der Waals surface area contributed by atoms with E-state index in [0.29, 0.717) is 28.6 Å². The summed E-state index contributed by atoms with van der Waals surface area (Å²) in [7, 11) is 1.85. The van der Waals surface area contributed by atoms with E-state index in [9.17, 15) is 4.79 Å². The van der Waals surface area contributed by atoms with E-state index >= 15 is 0 Å². The van der Waals surface area contributed by atoms with E-state index in [1.54, 1.807) is 17.1 Å². The lowest BCUT2D eigenvalue weighted by Crippen LogP contribution is -2.36. The number of nitrogens with one attached hydrogen (secondary N) is 2. The van der Waals surface area contributed by atoms with Gasteiger partial charge in [0.05, 0.1) is 18.1 Å². The second-order valence-corrected chi connectivity index (χ2v) is 9.54. The SMILES string of the molecule is Cn1cc(Nc2ncc(Cl)c(NC3CC4CN(C(=O)OC(C)(C)C)CC4C3)n2)cn1. The third-order valence-electron chi connectivity index (χ3n) is 5.45. The lowest BCUT2D eigenvalue weighted by atomic mass is 10.0. The third-order valence-corrected chi connectivity index (χ3v) is 5.73. The predicted octanol–water partition coefficient (Wildman–Crippen LogP) is 3.66. The zero-order valence-electron chi connectivity index (χ0n) is 17.7. The molecule has 0 bridgehead atoms. The van der Waals surface area contributed by atoms with E-state index in [2.05, 4.69) is 25.7 Å². The van der Waals surface area contributed by atoms with Gasteiger partial charge < -0.3 is 20.3 Å². The molecule has 1 saturated carbocycles. The maximum Gasteiger partial charge on any atom is 0.410 e. The number of carbonyl (C=O) groups is 1. The van der Waals surface area contributed by atoms with Gasteiger partial charge >= 0.3 is 6.09 Å². The number of aryl methyl sites for hydroxylation is 1. The Balaban J connectivity index is 1.34. The van der Waals surface area contributed by atoms with Crippen molar-refractivity contribution >= 4 is 35.1 Å². The number of aromatic nitrogens is 4. The van der Waals surface area contributed by atoms with Crippen LogP contribution in [0.4, 0.5) is 22.2 Å². The molecule has 3 heterocycles. The van der Waals surface area contributed by atoms with Crippen LogP contribution in [-0.4, -0.2) is 55.5 Å². The average Bonchev–Trinajstić information content (AvgIpc) is 3.31. The highest BCUT2D eigenvalue weighted by Gasteiger charge is 2.43. The molecule has 2 fully saturated rings. The number of amides is 1. The van der Waals surface area contributed by atoms with Crippen LogP contribution >= 0.6 is 11.6 Å². The maximum atomic E-state index is 12.3. The van der Waals surface area contributed by atoms with Gasteiger partial charge in [-0.25, -0.2) is 9.78 Å². The van der Waals surface area contributed by atoms with Crippen LogP contribution in [0.5, 0.6) is 0 Å². The van der Waals surface area contributed by atoms with Crippen LogP contribution in [-0.2, 0) is 11.8 Å². The quantitative estimate of drug-likeness (QED) is 0.759. The number of ether oxygens (including phenoxy) is 1. The predicted molar refractivity (Wildman–Crippen MR) is 115 cm³/mol. The van der Waals surface area contributed by atoms with Gasteiger partial charge in [0, 0.05) is 32.4 Å². The number of nitrogens with zero attached hydrogens (tertiary/aromatic N) is 5. The number of anilines is 3. The molecule has 1 saturated heterocycles. The summed E-state index contributed by atoms with van der Waals surface area (Å²) in [5, 5.41) is 11.2. The Morgan fingerprint density at radius 1 is 1.23 bits per heavy atom. The van der Waals surface area contributed by atoms with Crippen molar-refractivity contribution in [1.29, 1.82) is 0 Å². The van der Waals surface area contributed by atoms with Crippen molar-refractivity contribution in [3.05, 3.63) is 23.6 Å². The number of halogens is 1. The van der Waals surface area contributed by atoms with Crippen LogP contribution in [0.15, 0.2) is 18.6 Å². The summed E-state index contributed by atoms with van der Waals surface area (Å²) in [5.41, 5.74) is 0.341. The molecule has 162 valence electrons. The Kier molecular flexibility index (Phi) is 5.48. The van der Waals surface area contributed by atoms with Crippen LogP contribution in [0, 0.1) is 11.8 Å². The van der Waals surface area contributed by atoms with Gasteiger partial charge in [-0.05, 0) is 45.4 Å². The number of hydrogen-bond acceptors (Lipinski definition) is 7. The standard InChI is InChI=1S/C20H28ClN7O2/c1-20(2,3)30-19(29)28-9-12-5-14(6-13(12)10-28)24-17-16(21)8-22-18(26-17)25-15-7-23-27(4)11-15/h7-8,11-14H,5-6,9-10H2,1-4H3,(H2,22,24,25,26). The van der Waals surface area contributed by atoms with Gasteiger partial charge in [0.25, 0.3) is 0 Å². The molecule has 1 amide bonds. The first-order chi connectivity index (χ1) is 14.2. The van der Waals surface area contributed by atoms with E-state index in [1.807, 2.05) is 38.9 Å². The highest BCUT2D eigenvalue weighted by atomic mass is 35.5. The summed E-state index contributed by atoms with van der Waals surface area (Å²) < 4.78 is 7.22. The van der Waals surface area contributed by atoms with E-state index in [4.69, 9.17) is 16.3 Å². The monoisotopic (exact) mass is 433 g/mol. The molecule has 2 aromatic heterocycles. The van der Waals surface area contributed by atoms with Crippen LogP contribution in [0.1, 0.15) is 33.6 Å². The third kappa shape index (κ3) is 4.77. The summed E-state index contributed by atoms with van der Waals surface area (Å²) in [4.78, 5) is 23.0. The lowest BCUT2D eigenvalue weighted by Gasteiger charge is -2.25. The van der Waals surface area contributed by atoms with Crippen molar-refractivity contribution < 1.29 is 9.53 Å². The smallest absolute Gasteiger partial charge is 0.410 e. The zero-order chi connectivity index (χ0) is 21.5. The van der Waals surface area contributed by atoms with E-state index in [0.717, 1.165) is 31.6 Å². The molecule has 0 spiro atoms. The molecule has 2 unspecified atom stereocenters. The van der Waals surface area contributed by atoms with Gasteiger partial charge in [0.1, 0.15) is 10.6 Å². The number of fused-ring (bicyclic) bond motifs is 1. The molecule has 4 rings (SSSR count). The Morgan fingerprint density at radius 3 is 2.53 bits per heavy atom. The Labute approximate surface area is 181 Å². The second-order valence-electron chi connectivity index (χ2n) is 9.14. The van der Waals surface area contributed by atoms with Crippen molar-refractivity contribution in [1.82, 2.24) is 24.6 Å². The van der Waals surface area contributed by atoms with E-state index in [-0.39, 0.29) is 12.1 Å². The Morgan fingerprint density at radius 2 is 1.93 bits per heavy atom. The molecule has 10 heteroatoms. The summed E-state index contributed by atoms with van der Waals surface area (Å²) in [5.74, 6) is 2.00. The van der Waals surface area contributed by atoms with E-state index < -0.39 is 5.60 Å². The molecular weight excluding hydrogens is 406 g/mol. The molecule has 30 heavy (non-hydrogen) atoms. The topological polar surface area (TPSA) is 97.2 Å². The number of carbonyl (C=O) groups excluding carboxylic acids is 1.